The monoisotopic (exact) mass is 495 g/mol. The standard InChI is InChI=1S/C25H17F4N5O2/c26-19-7-2-1-6-17(19)18-11-21-22(12-23(18)36-14-25(27,28)29)31-20(13-24(35)32-21)15-4-3-5-16(10-15)34-9-8-30-33-34/h1-12H,13-14H2,(H,32,35). The van der Waals surface area contributed by atoms with Gasteiger partial charge in [0.2, 0.25) is 5.91 Å². The normalized spacial score (nSPS) is 13.4. The predicted molar refractivity (Wildman–Crippen MR) is 124 cm³/mol. The second-order valence-corrected chi connectivity index (χ2v) is 7.93. The number of anilines is 1. The van der Waals surface area contributed by atoms with Crippen molar-refractivity contribution in [2.45, 2.75) is 12.6 Å². The summed E-state index contributed by atoms with van der Waals surface area (Å²) >= 11 is 0. The van der Waals surface area contributed by atoms with Crippen LogP contribution in [0.15, 0.2) is 78.0 Å². The molecule has 1 aliphatic rings. The van der Waals surface area contributed by atoms with Crippen LogP contribution in [0.2, 0.25) is 0 Å². The number of hydrogen-bond acceptors (Lipinski definition) is 5. The molecule has 0 spiro atoms. The first-order valence-electron chi connectivity index (χ1n) is 10.7. The second-order valence-electron chi connectivity index (χ2n) is 7.93. The summed E-state index contributed by atoms with van der Waals surface area (Å²) in [5.41, 5.74) is 2.17. The Bertz CT molecular complexity index is 1470. The highest BCUT2D eigenvalue weighted by molar-refractivity contribution is 6.17. The molecule has 0 saturated carbocycles. The number of carbonyl (C=O) groups excluding carboxylic acids is 1. The smallest absolute Gasteiger partial charge is 0.422 e. The fourth-order valence-electron chi connectivity index (χ4n) is 3.80. The van der Waals surface area contributed by atoms with Crippen molar-refractivity contribution in [1.82, 2.24) is 15.0 Å². The number of halogens is 4. The van der Waals surface area contributed by atoms with Gasteiger partial charge in [-0.15, -0.1) is 5.10 Å². The van der Waals surface area contributed by atoms with E-state index in [1.807, 2.05) is 0 Å². The molecule has 1 N–H and O–H groups in total. The summed E-state index contributed by atoms with van der Waals surface area (Å²) in [4.78, 5) is 17.3. The maximum Gasteiger partial charge on any atom is 0.422 e. The molecular formula is C25H17F4N5O2. The Kier molecular flexibility index (Phi) is 5.96. The van der Waals surface area contributed by atoms with Gasteiger partial charge < -0.3 is 10.1 Å². The number of fused-ring (bicyclic) bond motifs is 1. The van der Waals surface area contributed by atoms with E-state index in [1.165, 1.54) is 36.5 Å². The summed E-state index contributed by atoms with van der Waals surface area (Å²) < 4.78 is 60.0. The van der Waals surface area contributed by atoms with Gasteiger partial charge in [0.25, 0.3) is 0 Å². The van der Waals surface area contributed by atoms with E-state index in [4.69, 9.17) is 4.74 Å². The fourth-order valence-corrected chi connectivity index (χ4v) is 3.80. The number of aliphatic imine (C=N–C) groups is 1. The summed E-state index contributed by atoms with van der Waals surface area (Å²) in [6, 6.07) is 15.3. The SMILES string of the molecule is O=C1CC(c2cccc(-n3ccnn3)c2)=Nc2cc(OCC(F)(F)F)c(-c3ccccc3F)cc2N1. The molecule has 1 aromatic heterocycles. The number of nitrogens with zero attached hydrogens (tertiary/aromatic N) is 4. The highest BCUT2D eigenvalue weighted by atomic mass is 19.4. The zero-order valence-corrected chi connectivity index (χ0v) is 18.5. The van der Waals surface area contributed by atoms with E-state index in [1.54, 1.807) is 41.2 Å². The molecule has 36 heavy (non-hydrogen) atoms. The van der Waals surface area contributed by atoms with Crippen LogP contribution in [-0.2, 0) is 4.79 Å². The minimum atomic E-state index is -4.61. The lowest BCUT2D eigenvalue weighted by Gasteiger charge is -2.16. The first kappa shape index (κ1) is 23.2. The van der Waals surface area contributed by atoms with Gasteiger partial charge in [0.05, 0.1) is 41.6 Å². The largest absolute Gasteiger partial charge is 0.483 e. The summed E-state index contributed by atoms with van der Waals surface area (Å²) in [5.74, 6) is -1.25. The average molecular weight is 495 g/mol. The van der Waals surface area contributed by atoms with Crippen LogP contribution in [0.5, 0.6) is 5.75 Å². The summed E-state index contributed by atoms with van der Waals surface area (Å²) in [7, 11) is 0. The van der Waals surface area contributed by atoms with Crippen LogP contribution < -0.4 is 10.1 Å². The molecule has 1 amide bonds. The second kappa shape index (κ2) is 9.25. The molecule has 0 radical (unpaired) electrons. The van der Waals surface area contributed by atoms with Crippen LogP contribution in [-0.4, -0.2) is 39.4 Å². The lowest BCUT2D eigenvalue weighted by molar-refractivity contribution is -0.153. The highest BCUT2D eigenvalue weighted by Crippen LogP contribution is 2.42. The summed E-state index contributed by atoms with van der Waals surface area (Å²) in [5, 5.41) is 10.4. The Balaban J connectivity index is 1.62. The topological polar surface area (TPSA) is 81.4 Å². The molecule has 0 bridgehead atoms. The number of hydrogen-bond donors (Lipinski definition) is 1. The van der Waals surface area contributed by atoms with Gasteiger partial charge >= 0.3 is 6.18 Å². The molecular weight excluding hydrogens is 478 g/mol. The minimum Gasteiger partial charge on any atom is -0.483 e. The van der Waals surface area contributed by atoms with Crippen molar-refractivity contribution < 1.29 is 27.1 Å². The number of alkyl halides is 3. The van der Waals surface area contributed by atoms with Crippen molar-refractivity contribution >= 4 is 23.0 Å². The van der Waals surface area contributed by atoms with E-state index in [-0.39, 0.29) is 40.6 Å². The highest BCUT2D eigenvalue weighted by Gasteiger charge is 2.30. The first-order chi connectivity index (χ1) is 17.3. The third-order valence-electron chi connectivity index (χ3n) is 5.38. The zero-order valence-electron chi connectivity index (χ0n) is 18.5. The minimum absolute atomic E-state index is 0.0284. The molecule has 3 aromatic carbocycles. The van der Waals surface area contributed by atoms with E-state index >= 15 is 0 Å². The molecule has 4 aromatic rings. The van der Waals surface area contributed by atoms with Crippen LogP contribution in [0, 0.1) is 5.82 Å². The first-order valence-corrected chi connectivity index (χ1v) is 10.7. The molecule has 1 aliphatic heterocycles. The maximum absolute atomic E-state index is 14.6. The number of aromatic nitrogens is 3. The van der Waals surface area contributed by atoms with E-state index in [0.717, 1.165) is 0 Å². The van der Waals surface area contributed by atoms with Crippen LogP contribution in [0.1, 0.15) is 12.0 Å². The van der Waals surface area contributed by atoms with Crippen LogP contribution in [0.4, 0.5) is 28.9 Å². The van der Waals surface area contributed by atoms with Crippen molar-refractivity contribution in [3.8, 4) is 22.6 Å². The molecule has 0 atom stereocenters. The predicted octanol–water partition coefficient (Wildman–Crippen LogP) is 5.48. The maximum atomic E-state index is 14.6. The number of nitrogens with one attached hydrogen (secondary N) is 1. The average Bonchev–Trinajstić information content (AvgIpc) is 3.33. The third kappa shape index (κ3) is 4.95. The number of carbonyl (C=O) groups is 1. The summed E-state index contributed by atoms with van der Waals surface area (Å²) in [6.07, 6.45) is -1.52. The molecule has 0 aliphatic carbocycles. The molecule has 0 fully saturated rings. The van der Waals surface area contributed by atoms with Gasteiger partial charge in [0, 0.05) is 17.2 Å². The molecule has 0 saturated heterocycles. The molecule has 5 rings (SSSR count). The van der Waals surface area contributed by atoms with Crippen molar-refractivity contribution in [2.24, 2.45) is 4.99 Å². The van der Waals surface area contributed by atoms with Crippen molar-refractivity contribution in [2.75, 3.05) is 11.9 Å². The van der Waals surface area contributed by atoms with Gasteiger partial charge in [-0.3, -0.25) is 4.79 Å². The Hall–Kier alpha value is -4.54. The van der Waals surface area contributed by atoms with E-state index in [0.29, 0.717) is 17.0 Å². The Morgan fingerprint density at radius 2 is 1.86 bits per heavy atom. The van der Waals surface area contributed by atoms with E-state index in [9.17, 15) is 22.4 Å². The number of benzene rings is 3. The molecule has 182 valence electrons. The Morgan fingerprint density at radius 1 is 1.03 bits per heavy atom. The van der Waals surface area contributed by atoms with Crippen LogP contribution >= 0.6 is 0 Å². The van der Waals surface area contributed by atoms with E-state index in [2.05, 4.69) is 20.6 Å². The van der Waals surface area contributed by atoms with Gasteiger partial charge in [-0.05, 0) is 29.8 Å². The number of rotatable bonds is 5. The Labute approximate surface area is 202 Å². The fraction of sp³-hybridized carbons (Fsp3) is 0.120. The van der Waals surface area contributed by atoms with Crippen molar-refractivity contribution in [3.05, 3.63) is 84.4 Å². The molecule has 2 heterocycles. The lowest BCUT2D eigenvalue weighted by atomic mass is 10.0. The third-order valence-corrected chi connectivity index (χ3v) is 5.38. The molecule has 0 unspecified atom stereocenters. The van der Waals surface area contributed by atoms with Crippen molar-refractivity contribution in [1.29, 1.82) is 0 Å². The van der Waals surface area contributed by atoms with Gasteiger partial charge in [-0.25, -0.2) is 14.1 Å². The zero-order chi connectivity index (χ0) is 25.3. The molecule has 11 heteroatoms. The number of ether oxygens (including phenoxy) is 1. The molecule has 7 nitrogen and oxygen atoms in total. The van der Waals surface area contributed by atoms with Crippen LogP contribution in [0.3, 0.4) is 0 Å². The van der Waals surface area contributed by atoms with Gasteiger partial charge in [-0.2, -0.15) is 13.2 Å². The van der Waals surface area contributed by atoms with E-state index < -0.39 is 18.6 Å². The van der Waals surface area contributed by atoms with Gasteiger partial charge in [-0.1, -0.05) is 35.5 Å². The van der Waals surface area contributed by atoms with Gasteiger partial charge in [0.15, 0.2) is 6.61 Å². The van der Waals surface area contributed by atoms with Gasteiger partial charge in [0.1, 0.15) is 11.6 Å². The quantitative estimate of drug-likeness (QED) is 0.372. The van der Waals surface area contributed by atoms with Crippen molar-refractivity contribution in [3.63, 3.8) is 0 Å². The van der Waals surface area contributed by atoms with Crippen LogP contribution in [0.25, 0.3) is 16.8 Å². The number of amides is 1. The lowest BCUT2D eigenvalue weighted by Crippen LogP contribution is -2.19. The summed E-state index contributed by atoms with van der Waals surface area (Å²) in [6.45, 7) is -1.57. The Morgan fingerprint density at radius 3 is 2.61 bits per heavy atom.